The van der Waals surface area contributed by atoms with Gasteiger partial charge in [0, 0.05) is 0 Å². The van der Waals surface area contributed by atoms with Crippen molar-refractivity contribution in [2.75, 3.05) is 6.61 Å². The second-order valence-corrected chi connectivity index (χ2v) is 5.97. The number of rotatable bonds is 13. The number of carbonyl (C=O) groups excluding carboxylic acids is 1. The zero-order valence-electron chi connectivity index (χ0n) is 14.5. The van der Waals surface area contributed by atoms with Crippen molar-refractivity contribution in [2.45, 2.75) is 71.1 Å². The summed E-state index contributed by atoms with van der Waals surface area (Å²) in [6.45, 7) is 6.48. The normalized spacial score (nSPS) is 10.7. The van der Waals surface area contributed by atoms with E-state index in [-0.39, 0.29) is 0 Å². The summed E-state index contributed by atoms with van der Waals surface area (Å²) in [5.74, 6) is -0.416. The van der Waals surface area contributed by atoms with E-state index in [0.717, 1.165) is 38.5 Å². The predicted octanol–water partition coefficient (Wildman–Crippen LogP) is 5.68. The van der Waals surface area contributed by atoms with Gasteiger partial charge in [-0.3, -0.25) is 4.89 Å². The van der Waals surface area contributed by atoms with E-state index in [9.17, 15) is 4.79 Å². The van der Waals surface area contributed by atoms with Gasteiger partial charge < -0.3 is 0 Å². The Morgan fingerprint density at radius 2 is 1.65 bits per heavy atom. The van der Waals surface area contributed by atoms with Crippen molar-refractivity contribution in [1.82, 2.24) is 0 Å². The molecule has 1 aromatic carbocycles. The molecule has 0 saturated carbocycles. The molecule has 0 aromatic heterocycles. The quantitative estimate of drug-likeness (QED) is 0.266. The molecule has 1 aromatic rings. The van der Waals surface area contributed by atoms with Crippen LogP contribution in [0.3, 0.4) is 0 Å². The summed E-state index contributed by atoms with van der Waals surface area (Å²) < 4.78 is 0. The SMILES string of the molecule is [CH2]CCCCCCOOC(=O)c1ccc(CCCCCC)cc1. The minimum absolute atomic E-state index is 0.416. The third kappa shape index (κ3) is 9.39. The Hall–Kier alpha value is -1.35. The van der Waals surface area contributed by atoms with Gasteiger partial charge in [0.15, 0.2) is 0 Å². The highest BCUT2D eigenvalue weighted by Crippen LogP contribution is 2.11. The maximum atomic E-state index is 11.8. The first-order valence-corrected chi connectivity index (χ1v) is 9.00. The van der Waals surface area contributed by atoms with Crippen molar-refractivity contribution in [2.24, 2.45) is 0 Å². The molecule has 0 N–H and O–H groups in total. The Kier molecular flexibility index (Phi) is 11.2. The van der Waals surface area contributed by atoms with Gasteiger partial charge in [-0.15, -0.1) is 0 Å². The van der Waals surface area contributed by atoms with Gasteiger partial charge in [0.25, 0.3) is 0 Å². The third-order valence-electron chi connectivity index (χ3n) is 3.87. The highest BCUT2D eigenvalue weighted by atomic mass is 17.2. The lowest BCUT2D eigenvalue weighted by Gasteiger charge is -2.05. The molecule has 0 saturated heterocycles. The topological polar surface area (TPSA) is 35.5 Å². The molecule has 0 atom stereocenters. The molecule has 0 aliphatic heterocycles. The van der Waals surface area contributed by atoms with Crippen LogP contribution in [0.15, 0.2) is 24.3 Å². The Morgan fingerprint density at radius 3 is 2.35 bits per heavy atom. The summed E-state index contributed by atoms with van der Waals surface area (Å²) in [7, 11) is 0. The first-order chi connectivity index (χ1) is 11.3. The second kappa shape index (κ2) is 13.1. The first-order valence-electron chi connectivity index (χ1n) is 9.00. The van der Waals surface area contributed by atoms with E-state index in [1.807, 2.05) is 24.3 Å². The van der Waals surface area contributed by atoms with E-state index < -0.39 is 5.97 Å². The largest absolute Gasteiger partial charge is 0.373 e. The number of carbonyl (C=O) groups is 1. The van der Waals surface area contributed by atoms with Crippen LogP contribution >= 0.6 is 0 Å². The van der Waals surface area contributed by atoms with Crippen molar-refractivity contribution in [3.8, 4) is 0 Å². The molecule has 23 heavy (non-hydrogen) atoms. The second-order valence-electron chi connectivity index (χ2n) is 5.97. The van der Waals surface area contributed by atoms with Crippen LogP contribution in [0.4, 0.5) is 0 Å². The standard InChI is InChI=1S/C20H31O3/c1-3-5-7-9-11-17-22-23-20(21)19-15-13-18(14-16-19)12-10-8-6-4-2/h13-16H,1,3-12,17H2,2H3. The predicted molar refractivity (Wildman–Crippen MR) is 94.1 cm³/mol. The molecule has 0 aliphatic carbocycles. The lowest BCUT2D eigenvalue weighted by molar-refractivity contribution is -0.241. The van der Waals surface area contributed by atoms with Crippen molar-refractivity contribution >= 4 is 5.97 Å². The summed E-state index contributed by atoms with van der Waals surface area (Å²) in [5, 5.41) is 0. The molecule has 0 bridgehead atoms. The van der Waals surface area contributed by atoms with Gasteiger partial charge in [0.2, 0.25) is 0 Å². The van der Waals surface area contributed by atoms with Crippen molar-refractivity contribution < 1.29 is 14.6 Å². The van der Waals surface area contributed by atoms with Gasteiger partial charge in [0.05, 0.1) is 12.2 Å². The highest BCUT2D eigenvalue weighted by Gasteiger charge is 2.08. The molecule has 0 amide bonds. The molecule has 1 radical (unpaired) electrons. The van der Waals surface area contributed by atoms with Crippen molar-refractivity contribution in [1.29, 1.82) is 0 Å². The maximum absolute atomic E-state index is 11.8. The zero-order valence-corrected chi connectivity index (χ0v) is 14.5. The average molecular weight is 319 g/mol. The van der Waals surface area contributed by atoms with Gasteiger partial charge in [-0.05, 0) is 37.0 Å². The van der Waals surface area contributed by atoms with Crippen LogP contribution in [-0.2, 0) is 16.2 Å². The highest BCUT2D eigenvalue weighted by molar-refractivity contribution is 5.88. The van der Waals surface area contributed by atoms with E-state index in [1.165, 1.54) is 31.2 Å². The molecule has 0 aliphatic rings. The monoisotopic (exact) mass is 319 g/mol. The lowest BCUT2D eigenvalue weighted by atomic mass is 10.0. The fraction of sp³-hybridized carbons (Fsp3) is 0.600. The van der Waals surface area contributed by atoms with Gasteiger partial charge in [0.1, 0.15) is 0 Å². The number of benzene rings is 1. The van der Waals surface area contributed by atoms with Crippen LogP contribution < -0.4 is 0 Å². The van der Waals surface area contributed by atoms with Gasteiger partial charge >= 0.3 is 5.97 Å². The van der Waals surface area contributed by atoms with Crippen molar-refractivity contribution in [3.05, 3.63) is 42.3 Å². The van der Waals surface area contributed by atoms with E-state index in [2.05, 4.69) is 13.8 Å². The van der Waals surface area contributed by atoms with E-state index in [1.54, 1.807) is 0 Å². The molecular formula is C20H31O3. The summed E-state index contributed by atoms with van der Waals surface area (Å²) in [6.07, 6.45) is 11.3. The van der Waals surface area contributed by atoms with Crippen LogP contribution in [0.25, 0.3) is 0 Å². The van der Waals surface area contributed by atoms with Gasteiger partial charge in [-0.1, -0.05) is 70.9 Å². The van der Waals surface area contributed by atoms with E-state index in [4.69, 9.17) is 9.78 Å². The smallest absolute Gasteiger partial charge is 0.293 e. The fourth-order valence-corrected chi connectivity index (χ4v) is 2.40. The van der Waals surface area contributed by atoms with Crippen LogP contribution in [0.2, 0.25) is 0 Å². The van der Waals surface area contributed by atoms with Crippen molar-refractivity contribution in [3.63, 3.8) is 0 Å². The van der Waals surface area contributed by atoms with Crippen LogP contribution in [-0.4, -0.2) is 12.6 Å². The molecule has 3 heteroatoms. The Bertz CT molecular complexity index is 411. The zero-order chi connectivity index (χ0) is 16.8. The molecule has 0 heterocycles. The minimum Gasteiger partial charge on any atom is -0.293 e. The summed E-state index contributed by atoms with van der Waals surface area (Å²) >= 11 is 0. The van der Waals surface area contributed by atoms with E-state index in [0.29, 0.717) is 12.2 Å². The summed E-state index contributed by atoms with van der Waals surface area (Å²) in [6, 6.07) is 7.63. The molecule has 0 spiro atoms. The number of hydrogen-bond donors (Lipinski definition) is 0. The minimum atomic E-state index is -0.416. The van der Waals surface area contributed by atoms with E-state index >= 15 is 0 Å². The molecule has 129 valence electrons. The number of hydrogen-bond acceptors (Lipinski definition) is 3. The van der Waals surface area contributed by atoms with Gasteiger partial charge in [-0.2, -0.15) is 4.89 Å². The number of unbranched alkanes of at least 4 members (excludes halogenated alkanes) is 7. The Labute approximate surface area is 141 Å². The average Bonchev–Trinajstić information content (AvgIpc) is 2.58. The summed E-state index contributed by atoms with van der Waals surface area (Å²) in [4.78, 5) is 21.7. The van der Waals surface area contributed by atoms with Crippen LogP contribution in [0.5, 0.6) is 0 Å². The van der Waals surface area contributed by atoms with Gasteiger partial charge in [-0.25, -0.2) is 4.79 Å². The molecule has 0 unspecified atom stereocenters. The summed E-state index contributed by atoms with van der Waals surface area (Å²) in [5.41, 5.74) is 1.81. The molecule has 0 fully saturated rings. The van der Waals surface area contributed by atoms with Crippen LogP contribution in [0, 0.1) is 6.92 Å². The lowest BCUT2D eigenvalue weighted by Crippen LogP contribution is -2.07. The first kappa shape index (κ1) is 19.7. The Balaban J connectivity index is 2.18. The number of aryl methyl sites for hydroxylation is 1. The Morgan fingerprint density at radius 1 is 0.957 bits per heavy atom. The van der Waals surface area contributed by atoms with Crippen LogP contribution in [0.1, 0.15) is 80.6 Å². The molecule has 3 nitrogen and oxygen atoms in total. The third-order valence-corrected chi connectivity index (χ3v) is 3.87. The molecule has 1 rings (SSSR count). The maximum Gasteiger partial charge on any atom is 0.373 e. The molecular weight excluding hydrogens is 288 g/mol. The fourth-order valence-electron chi connectivity index (χ4n) is 2.40.